The van der Waals surface area contributed by atoms with Crippen LogP contribution in [-0.4, -0.2) is 25.2 Å². The van der Waals surface area contributed by atoms with E-state index < -0.39 is 23.9 Å². The smallest absolute Gasteiger partial charge is 0.411 e. The molecule has 0 aromatic heterocycles. The lowest BCUT2D eigenvalue weighted by atomic mass is 10.1. The van der Waals surface area contributed by atoms with Crippen molar-refractivity contribution >= 4 is 23.4 Å². The van der Waals surface area contributed by atoms with Crippen molar-refractivity contribution in [1.82, 2.24) is 0 Å². The molecular weight excluding hydrogens is 313 g/mol. The first kappa shape index (κ1) is 17.3. The van der Waals surface area contributed by atoms with Crippen molar-refractivity contribution in [2.75, 3.05) is 17.7 Å². The molecule has 4 N–H and O–H groups in total. The Morgan fingerprint density at radius 3 is 2.50 bits per heavy atom. The number of hydrogen-bond acceptors (Lipinski definition) is 4. The van der Waals surface area contributed by atoms with Crippen LogP contribution in [0.4, 0.5) is 20.6 Å². The van der Waals surface area contributed by atoms with Gasteiger partial charge in [-0.1, -0.05) is 30.3 Å². The maximum atomic E-state index is 14.0. The molecule has 0 aliphatic carbocycles. The van der Waals surface area contributed by atoms with Gasteiger partial charge in [0.15, 0.2) is 0 Å². The first-order valence-corrected chi connectivity index (χ1v) is 7.24. The third kappa shape index (κ3) is 4.70. The summed E-state index contributed by atoms with van der Waals surface area (Å²) in [5.74, 6) is -1.20. The summed E-state index contributed by atoms with van der Waals surface area (Å²) in [6, 6.07) is 12.7. The van der Waals surface area contributed by atoms with E-state index in [0.29, 0.717) is 12.1 Å². The summed E-state index contributed by atoms with van der Waals surface area (Å²) < 4.78 is 18.4. The van der Waals surface area contributed by atoms with Gasteiger partial charge in [-0.2, -0.15) is 0 Å². The van der Waals surface area contributed by atoms with Gasteiger partial charge in [0.1, 0.15) is 11.9 Å². The van der Waals surface area contributed by atoms with E-state index in [-0.39, 0.29) is 5.69 Å². The summed E-state index contributed by atoms with van der Waals surface area (Å²) in [6.45, 7) is 0. The Labute approximate surface area is 138 Å². The minimum atomic E-state index is -0.770. The molecule has 2 aromatic rings. The number of primary amides is 1. The van der Waals surface area contributed by atoms with Gasteiger partial charge in [-0.3, -0.25) is 10.1 Å². The molecule has 0 heterocycles. The van der Waals surface area contributed by atoms with Crippen molar-refractivity contribution in [1.29, 1.82) is 0 Å². The van der Waals surface area contributed by atoms with Gasteiger partial charge in [-0.05, 0) is 23.8 Å². The van der Waals surface area contributed by atoms with Crippen LogP contribution in [0.1, 0.15) is 5.56 Å². The lowest BCUT2D eigenvalue weighted by molar-refractivity contribution is -0.118. The molecule has 0 spiro atoms. The summed E-state index contributed by atoms with van der Waals surface area (Å²) in [7, 11) is 1.18. The minimum Gasteiger partial charge on any atom is -0.453 e. The highest BCUT2D eigenvalue weighted by atomic mass is 19.1. The molecular formula is C17H18FN3O3. The first-order chi connectivity index (χ1) is 11.5. The zero-order valence-corrected chi connectivity index (χ0v) is 13.1. The zero-order valence-electron chi connectivity index (χ0n) is 13.1. The summed E-state index contributed by atoms with van der Waals surface area (Å²) in [5, 5.41) is 5.15. The molecule has 0 saturated carbocycles. The normalized spacial score (nSPS) is 11.4. The van der Waals surface area contributed by atoms with Crippen molar-refractivity contribution in [2.45, 2.75) is 12.5 Å². The van der Waals surface area contributed by atoms with E-state index in [0.717, 1.165) is 5.56 Å². The number of hydrogen-bond donors (Lipinski definition) is 3. The maximum Gasteiger partial charge on any atom is 0.411 e. The molecule has 2 amide bonds. The molecule has 24 heavy (non-hydrogen) atoms. The molecule has 1 atom stereocenters. The fraction of sp³-hybridized carbons (Fsp3) is 0.176. The Bertz CT molecular complexity index is 722. The topological polar surface area (TPSA) is 93.4 Å². The SMILES string of the molecule is COC(=O)Nc1ccc(N[C@@H](Cc2ccccc2)C(N)=O)cc1F. The van der Waals surface area contributed by atoms with Gasteiger partial charge in [0.2, 0.25) is 5.91 Å². The second-order valence-corrected chi connectivity index (χ2v) is 5.10. The average Bonchev–Trinajstić information content (AvgIpc) is 2.57. The largest absolute Gasteiger partial charge is 0.453 e. The summed E-state index contributed by atoms with van der Waals surface area (Å²) >= 11 is 0. The van der Waals surface area contributed by atoms with E-state index in [2.05, 4.69) is 15.4 Å². The number of ether oxygens (including phenoxy) is 1. The number of nitrogens with two attached hydrogens (primary N) is 1. The number of rotatable bonds is 6. The Hall–Kier alpha value is -3.09. The predicted octanol–water partition coefficient (Wildman–Crippen LogP) is 2.51. The molecule has 2 aromatic carbocycles. The Balaban J connectivity index is 2.10. The van der Waals surface area contributed by atoms with E-state index in [1.165, 1.54) is 25.3 Å². The number of amides is 2. The highest BCUT2D eigenvalue weighted by Gasteiger charge is 2.17. The quantitative estimate of drug-likeness (QED) is 0.758. The number of anilines is 2. The van der Waals surface area contributed by atoms with Crippen LogP contribution >= 0.6 is 0 Å². The molecule has 0 radical (unpaired) electrons. The standard InChI is InChI=1S/C17H18FN3O3/c1-24-17(23)21-14-8-7-12(10-13(14)18)20-15(16(19)22)9-11-5-3-2-4-6-11/h2-8,10,15,20H,9H2,1H3,(H2,19,22)(H,21,23)/t15-/m0/s1. The van der Waals surface area contributed by atoms with Crippen molar-refractivity contribution in [3.05, 3.63) is 59.9 Å². The van der Waals surface area contributed by atoms with Crippen LogP contribution in [0.3, 0.4) is 0 Å². The number of carbonyl (C=O) groups is 2. The number of nitrogens with one attached hydrogen (secondary N) is 2. The van der Waals surface area contributed by atoms with Gasteiger partial charge in [-0.25, -0.2) is 9.18 Å². The Kier molecular flexibility index (Phi) is 5.73. The lowest BCUT2D eigenvalue weighted by Gasteiger charge is -2.17. The number of halogens is 1. The van der Waals surface area contributed by atoms with E-state index >= 15 is 0 Å². The Morgan fingerprint density at radius 2 is 1.92 bits per heavy atom. The van der Waals surface area contributed by atoms with Gasteiger partial charge in [0.05, 0.1) is 12.8 Å². The van der Waals surface area contributed by atoms with E-state index in [4.69, 9.17) is 5.73 Å². The van der Waals surface area contributed by atoms with Crippen molar-refractivity contribution in [2.24, 2.45) is 5.73 Å². The zero-order chi connectivity index (χ0) is 17.5. The van der Waals surface area contributed by atoms with Crippen molar-refractivity contribution < 1.29 is 18.7 Å². The molecule has 0 aliphatic rings. The third-order valence-electron chi connectivity index (χ3n) is 3.36. The molecule has 0 fully saturated rings. The molecule has 126 valence electrons. The summed E-state index contributed by atoms with van der Waals surface area (Å²) in [6.07, 6.45) is -0.395. The lowest BCUT2D eigenvalue weighted by Crippen LogP contribution is -2.37. The van der Waals surface area contributed by atoms with Gasteiger partial charge in [0, 0.05) is 12.1 Å². The molecule has 6 nitrogen and oxygen atoms in total. The monoisotopic (exact) mass is 331 g/mol. The third-order valence-corrected chi connectivity index (χ3v) is 3.36. The van der Waals surface area contributed by atoms with Crippen LogP contribution in [0.15, 0.2) is 48.5 Å². The van der Waals surface area contributed by atoms with Crippen LogP contribution in [0, 0.1) is 5.82 Å². The van der Waals surface area contributed by atoms with Gasteiger partial charge >= 0.3 is 6.09 Å². The second kappa shape index (κ2) is 7.96. The molecule has 7 heteroatoms. The second-order valence-electron chi connectivity index (χ2n) is 5.10. The van der Waals surface area contributed by atoms with E-state index in [1.54, 1.807) is 0 Å². The fourth-order valence-electron chi connectivity index (χ4n) is 2.14. The van der Waals surface area contributed by atoms with Crippen LogP contribution < -0.4 is 16.4 Å². The van der Waals surface area contributed by atoms with E-state index in [9.17, 15) is 14.0 Å². The predicted molar refractivity (Wildman–Crippen MR) is 89.2 cm³/mol. The maximum absolute atomic E-state index is 14.0. The molecule has 0 unspecified atom stereocenters. The van der Waals surface area contributed by atoms with Crippen LogP contribution in [0.5, 0.6) is 0 Å². The van der Waals surface area contributed by atoms with Crippen LogP contribution in [0.2, 0.25) is 0 Å². The van der Waals surface area contributed by atoms with Gasteiger partial charge in [0.25, 0.3) is 0 Å². The number of methoxy groups -OCH3 is 1. The highest BCUT2D eigenvalue weighted by Crippen LogP contribution is 2.20. The first-order valence-electron chi connectivity index (χ1n) is 7.24. The number of carbonyl (C=O) groups excluding carboxylic acids is 2. The molecule has 0 aliphatic heterocycles. The van der Waals surface area contributed by atoms with Crippen LogP contribution in [-0.2, 0) is 16.0 Å². The minimum absolute atomic E-state index is 0.0221. The highest BCUT2D eigenvalue weighted by molar-refractivity contribution is 5.86. The summed E-state index contributed by atoms with van der Waals surface area (Å²) in [5.41, 5.74) is 6.70. The fourth-order valence-corrected chi connectivity index (χ4v) is 2.14. The average molecular weight is 331 g/mol. The van der Waals surface area contributed by atoms with Gasteiger partial charge < -0.3 is 15.8 Å². The number of benzene rings is 2. The molecule has 0 saturated heterocycles. The summed E-state index contributed by atoms with van der Waals surface area (Å²) in [4.78, 5) is 22.7. The van der Waals surface area contributed by atoms with Crippen molar-refractivity contribution in [3.63, 3.8) is 0 Å². The molecule has 2 rings (SSSR count). The Morgan fingerprint density at radius 1 is 1.21 bits per heavy atom. The van der Waals surface area contributed by atoms with Crippen molar-refractivity contribution in [3.8, 4) is 0 Å². The van der Waals surface area contributed by atoms with Crippen LogP contribution in [0.25, 0.3) is 0 Å². The molecule has 0 bridgehead atoms. The van der Waals surface area contributed by atoms with Gasteiger partial charge in [-0.15, -0.1) is 0 Å². The van der Waals surface area contributed by atoms with E-state index in [1.807, 2.05) is 30.3 Å².